The minimum Gasteiger partial charge on any atom is -0.343 e. The number of carbonyl (C=O) groups excluding carboxylic acids is 2. The van der Waals surface area contributed by atoms with Crippen LogP contribution in [0.15, 0.2) is 12.1 Å². The van der Waals surface area contributed by atoms with Gasteiger partial charge in [0, 0.05) is 0 Å². The van der Waals surface area contributed by atoms with Gasteiger partial charge in [-0.05, 0) is 24.5 Å². The van der Waals surface area contributed by atoms with Crippen LogP contribution < -0.4 is 10.2 Å². The fraction of sp³-hybridized carbons (Fsp3) is 0.429. The molecule has 1 aromatic rings. The van der Waals surface area contributed by atoms with E-state index >= 15 is 0 Å². The predicted octanol–water partition coefficient (Wildman–Crippen LogP) is 3.01. The molecule has 1 heterocycles. The van der Waals surface area contributed by atoms with Gasteiger partial charge in [0.25, 0.3) is 0 Å². The van der Waals surface area contributed by atoms with Crippen LogP contribution in [0.2, 0.25) is 10.0 Å². The van der Waals surface area contributed by atoms with E-state index in [1.807, 2.05) is 13.8 Å². The standard InChI is InChI=1S/C14H15Cl2FN2O2/c1-7(2)3-11-14(21)19(6-12(20)18-11)13-9(15)4-8(17)5-10(13)16/h4-5,7,11H,3,6H2,1-2H3,(H,18,20). The second-order valence-corrected chi connectivity index (χ2v) is 6.21. The zero-order valence-electron chi connectivity index (χ0n) is 11.6. The van der Waals surface area contributed by atoms with E-state index in [9.17, 15) is 14.0 Å². The smallest absolute Gasteiger partial charge is 0.250 e. The summed E-state index contributed by atoms with van der Waals surface area (Å²) in [6.45, 7) is 3.73. The molecule has 0 bridgehead atoms. The molecule has 114 valence electrons. The third-order valence-electron chi connectivity index (χ3n) is 3.16. The van der Waals surface area contributed by atoms with Crippen molar-refractivity contribution in [2.24, 2.45) is 5.92 Å². The average molecular weight is 333 g/mol. The van der Waals surface area contributed by atoms with Gasteiger partial charge in [-0.2, -0.15) is 0 Å². The first-order valence-electron chi connectivity index (χ1n) is 6.55. The highest BCUT2D eigenvalue weighted by Gasteiger charge is 2.35. The molecule has 1 atom stereocenters. The highest BCUT2D eigenvalue weighted by molar-refractivity contribution is 6.40. The largest absolute Gasteiger partial charge is 0.343 e. The zero-order valence-corrected chi connectivity index (χ0v) is 13.1. The lowest BCUT2D eigenvalue weighted by molar-refractivity contribution is -0.131. The maximum absolute atomic E-state index is 13.2. The van der Waals surface area contributed by atoms with Crippen molar-refractivity contribution in [1.82, 2.24) is 5.32 Å². The minimum atomic E-state index is -0.622. The third-order valence-corrected chi connectivity index (χ3v) is 3.74. The monoisotopic (exact) mass is 332 g/mol. The van der Waals surface area contributed by atoms with Gasteiger partial charge in [0.15, 0.2) is 0 Å². The molecule has 0 spiro atoms. The number of rotatable bonds is 3. The van der Waals surface area contributed by atoms with E-state index in [0.29, 0.717) is 6.42 Å². The number of nitrogens with one attached hydrogen (secondary N) is 1. The fourth-order valence-electron chi connectivity index (χ4n) is 2.32. The quantitative estimate of drug-likeness (QED) is 0.924. The first-order valence-corrected chi connectivity index (χ1v) is 7.30. The molecule has 0 radical (unpaired) electrons. The van der Waals surface area contributed by atoms with Gasteiger partial charge in [-0.3, -0.25) is 14.5 Å². The lowest BCUT2D eigenvalue weighted by Crippen LogP contribution is -2.58. The number of hydrogen-bond acceptors (Lipinski definition) is 2. The van der Waals surface area contributed by atoms with E-state index < -0.39 is 11.9 Å². The van der Waals surface area contributed by atoms with Gasteiger partial charge in [-0.15, -0.1) is 0 Å². The number of carbonyl (C=O) groups is 2. The number of amides is 2. The number of nitrogens with zero attached hydrogens (tertiary/aromatic N) is 1. The summed E-state index contributed by atoms with van der Waals surface area (Å²) in [6, 6.07) is 1.52. The van der Waals surface area contributed by atoms with Crippen LogP contribution >= 0.6 is 23.2 Å². The molecule has 0 aliphatic carbocycles. The molecule has 7 heteroatoms. The van der Waals surface area contributed by atoms with E-state index in [1.54, 1.807) is 0 Å². The lowest BCUT2D eigenvalue weighted by Gasteiger charge is -2.34. The van der Waals surface area contributed by atoms with E-state index in [-0.39, 0.29) is 40.0 Å². The van der Waals surface area contributed by atoms with Crippen molar-refractivity contribution >= 4 is 40.7 Å². The van der Waals surface area contributed by atoms with Gasteiger partial charge < -0.3 is 5.32 Å². The fourth-order valence-corrected chi connectivity index (χ4v) is 2.99. The van der Waals surface area contributed by atoms with Gasteiger partial charge in [-0.1, -0.05) is 37.0 Å². The molecule has 1 unspecified atom stereocenters. The Balaban J connectivity index is 2.38. The predicted molar refractivity (Wildman–Crippen MR) is 80.2 cm³/mol. The molecule has 0 aromatic heterocycles. The lowest BCUT2D eigenvalue weighted by atomic mass is 10.0. The van der Waals surface area contributed by atoms with E-state index in [4.69, 9.17) is 23.2 Å². The molecule has 1 aliphatic rings. The Morgan fingerprint density at radius 2 is 1.90 bits per heavy atom. The molecule has 2 amide bonds. The Morgan fingerprint density at radius 1 is 1.33 bits per heavy atom. The van der Waals surface area contributed by atoms with Gasteiger partial charge in [0.2, 0.25) is 11.8 Å². The summed E-state index contributed by atoms with van der Waals surface area (Å²) in [4.78, 5) is 25.5. The number of hydrogen-bond donors (Lipinski definition) is 1. The van der Waals surface area contributed by atoms with Gasteiger partial charge in [0.05, 0.1) is 15.7 Å². The maximum Gasteiger partial charge on any atom is 0.250 e. The number of benzene rings is 1. The molecular formula is C14H15Cl2FN2O2. The van der Waals surface area contributed by atoms with Crippen molar-refractivity contribution in [3.8, 4) is 0 Å². The van der Waals surface area contributed by atoms with Gasteiger partial charge in [0.1, 0.15) is 18.4 Å². The molecule has 4 nitrogen and oxygen atoms in total. The molecule has 1 aliphatic heterocycles. The normalized spacial score (nSPS) is 19.1. The maximum atomic E-state index is 13.2. The highest BCUT2D eigenvalue weighted by atomic mass is 35.5. The molecule has 1 N–H and O–H groups in total. The zero-order chi connectivity index (χ0) is 15.7. The van der Waals surface area contributed by atoms with E-state index in [2.05, 4.69) is 5.32 Å². The molecule has 2 rings (SSSR count). The Hall–Kier alpha value is -1.33. The Kier molecular flexibility index (Phi) is 4.74. The van der Waals surface area contributed by atoms with Gasteiger partial charge >= 0.3 is 0 Å². The molecule has 1 saturated heterocycles. The number of piperazine rings is 1. The summed E-state index contributed by atoms with van der Waals surface area (Å²) >= 11 is 12.0. The third kappa shape index (κ3) is 3.47. The van der Waals surface area contributed by atoms with Crippen LogP contribution in [0.4, 0.5) is 10.1 Å². The molecule has 21 heavy (non-hydrogen) atoms. The van der Waals surface area contributed by atoms with Crippen LogP contribution in [0.3, 0.4) is 0 Å². The van der Waals surface area contributed by atoms with Crippen LogP contribution in [0.1, 0.15) is 20.3 Å². The average Bonchev–Trinajstić information content (AvgIpc) is 2.32. The van der Waals surface area contributed by atoms with Crippen LogP contribution in [0.25, 0.3) is 0 Å². The minimum absolute atomic E-state index is 0.00588. The molecular weight excluding hydrogens is 318 g/mol. The van der Waals surface area contributed by atoms with Crippen LogP contribution in [0, 0.1) is 11.7 Å². The topological polar surface area (TPSA) is 49.4 Å². The van der Waals surface area contributed by atoms with Crippen molar-refractivity contribution < 1.29 is 14.0 Å². The summed E-state index contributed by atoms with van der Waals surface area (Å²) in [7, 11) is 0. The Morgan fingerprint density at radius 3 is 2.43 bits per heavy atom. The summed E-state index contributed by atoms with van der Waals surface area (Å²) in [5.41, 5.74) is 0.174. The summed E-state index contributed by atoms with van der Waals surface area (Å²) in [5.74, 6) is -0.949. The SMILES string of the molecule is CC(C)CC1NC(=O)CN(c2c(Cl)cc(F)cc2Cl)C1=O. The summed E-state index contributed by atoms with van der Waals surface area (Å²) < 4.78 is 13.2. The van der Waals surface area contributed by atoms with E-state index in [1.165, 1.54) is 4.90 Å². The Bertz CT molecular complexity index is 569. The number of halogens is 3. The Labute approximate surface area is 132 Å². The second-order valence-electron chi connectivity index (χ2n) is 5.39. The van der Waals surface area contributed by atoms with E-state index in [0.717, 1.165) is 12.1 Å². The molecule has 1 fully saturated rings. The second kappa shape index (κ2) is 6.20. The summed E-state index contributed by atoms with van der Waals surface area (Å²) in [6.07, 6.45) is 0.511. The first kappa shape index (κ1) is 16.0. The molecule has 1 aromatic carbocycles. The van der Waals surface area contributed by atoms with Crippen molar-refractivity contribution in [2.75, 3.05) is 11.4 Å². The first-order chi connectivity index (χ1) is 9.79. The van der Waals surface area contributed by atoms with Crippen molar-refractivity contribution in [3.05, 3.63) is 28.0 Å². The van der Waals surface area contributed by atoms with Crippen molar-refractivity contribution in [2.45, 2.75) is 26.3 Å². The highest BCUT2D eigenvalue weighted by Crippen LogP contribution is 2.36. The van der Waals surface area contributed by atoms with Crippen molar-refractivity contribution in [3.63, 3.8) is 0 Å². The van der Waals surface area contributed by atoms with Crippen LogP contribution in [-0.4, -0.2) is 24.4 Å². The summed E-state index contributed by atoms with van der Waals surface area (Å²) in [5, 5.41) is 2.67. The molecule has 0 saturated carbocycles. The van der Waals surface area contributed by atoms with Gasteiger partial charge in [-0.25, -0.2) is 4.39 Å². The van der Waals surface area contributed by atoms with Crippen LogP contribution in [-0.2, 0) is 9.59 Å². The number of anilines is 1. The van der Waals surface area contributed by atoms with Crippen LogP contribution in [0.5, 0.6) is 0 Å². The van der Waals surface area contributed by atoms with Crippen molar-refractivity contribution in [1.29, 1.82) is 0 Å².